The van der Waals surface area contributed by atoms with Crippen molar-refractivity contribution in [1.82, 2.24) is 5.32 Å². The van der Waals surface area contributed by atoms with Gasteiger partial charge in [-0.1, -0.05) is 38.5 Å². The van der Waals surface area contributed by atoms with E-state index in [4.69, 9.17) is 0 Å². The first-order valence-corrected chi connectivity index (χ1v) is 9.54. The standard InChI is InChI=1S/C19H35N/c1-16(17-8-4-2-3-5-9-17)20-18-10-14-19(15-11-18)12-6-7-13-19/h16-18,20H,2-15H2,1H3/t16-/m1/s1. The molecule has 1 N–H and O–H groups in total. The Kier molecular flexibility index (Phi) is 5.07. The van der Waals surface area contributed by atoms with Crippen LogP contribution in [-0.2, 0) is 0 Å². The fourth-order valence-corrected chi connectivity index (χ4v) is 5.34. The second kappa shape index (κ2) is 6.81. The molecule has 3 aliphatic carbocycles. The molecule has 0 unspecified atom stereocenters. The molecule has 1 heteroatoms. The second-order valence-electron chi connectivity index (χ2n) is 8.19. The molecule has 3 rings (SSSR count). The van der Waals surface area contributed by atoms with Crippen LogP contribution < -0.4 is 5.32 Å². The van der Waals surface area contributed by atoms with Gasteiger partial charge in [0.05, 0.1) is 0 Å². The highest BCUT2D eigenvalue weighted by Gasteiger charge is 2.37. The van der Waals surface area contributed by atoms with Crippen molar-refractivity contribution in [3.8, 4) is 0 Å². The fourth-order valence-electron chi connectivity index (χ4n) is 5.34. The summed E-state index contributed by atoms with van der Waals surface area (Å²) in [5.41, 5.74) is 0.795. The van der Waals surface area contributed by atoms with Crippen molar-refractivity contribution in [2.75, 3.05) is 0 Å². The molecule has 0 amide bonds. The lowest BCUT2D eigenvalue weighted by atomic mass is 9.71. The fraction of sp³-hybridized carbons (Fsp3) is 1.00. The van der Waals surface area contributed by atoms with E-state index in [1.165, 1.54) is 89.9 Å². The zero-order valence-corrected chi connectivity index (χ0v) is 13.6. The van der Waals surface area contributed by atoms with Gasteiger partial charge >= 0.3 is 0 Å². The molecule has 0 aliphatic heterocycles. The third-order valence-electron chi connectivity index (χ3n) is 6.82. The van der Waals surface area contributed by atoms with E-state index in [1.54, 1.807) is 0 Å². The van der Waals surface area contributed by atoms with Crippen molar-refractivity contribution in [1.29, 1.82) is 0 Å². The van der Waals surface area contributed by atoms with Gasteiger partial charge in [-0.3, -0.25) is 0 Å². The SMILES string of the molecule is C[C@@H](NC1CCC2(CCCC2)CC1)C1CCCCCC1. The van der Waals surface area contributed by atoms with Crippen LogP contribution in [0, 0.1) is 11.3 Å². The van der Waals surface area contributed by atoms with Crippen molar-refractivity contribution < 1.29 is 0 Å². The quantitative estimate of drug-likeness (QED) is 0.677. The van der Waals surface area contributed by atoms with Crippen molar-refractivity contribution in [2.45, 2.75) is 109 Å². The molecule has 0 radical (unpaired) electrons. The van der Waals surface area contributed by atoms with Crippen LogP contribution in [0.25, 0.3) is 0 Å². The third-order valence-corrected chi connectivity index (χ3v) is 6.82. The molecule has 3 fully saturated rings. The van der Waals surface area contributed by atoms with Gasteiger partial charge in [0.2, 0.25) is 0 Å². The van der Waals surface area contributed by atoms with Gasteiger partial charge in [0, 0.05) is 12.1 Å². The van der Waals surface area contributed by atoms with Crippen molar-refractivity contribution in [3.05, 3.63) is 0 Å². The maximum absolute atomic E-state index is 4.02. The average molecular weight is 277 g/mol. The van der Waals surface area contributed by atoms with Crippen molar-refractivity contribution >= 4 is 0 Å². The molecule has 1 spiro atoms. The number of rotatable bonds is 3. The zero-order chi connectivity index (χ0) is 13.8. The van der Waals surface area contributed by atoms with E-state index in [-0.39, 0.29) is 0 Å². The van der Waals surface area contributed by atoms with Crippen LogP contribution in [0.3, 0.4) is 0 Å². The van der Waals surface area contributed by atoms with Crippen LogP contribution >= 0.6 is 0 Å². The molecule has 0 aromatic carbocycles. The topological polar surface area (TPSA) is 12.0 Å². The van der Waals surface area contributed by atoms with Crippen LogP contribution in [-0.4, -0.2) is 12.1 Å². The summed E-state index contributed by atoms with van der Waals surface area (Å²) in [5, 5.41) is 4.02. The summed E-state index contributed by atoms with van der Waals surface area (Å²) in [7, 11) is 0. The zero-order valence-electron chi connectivity index (χ0n) is 13.6. The monoisotopic (exact) mass is 277 g/mol. The van der Waals surface area contributed by atoms with Gasteiger partial charge in [-0.25, -0.2) is 0 Å². The summed E-state index contributed by atoms with van der Waals surface area (Å²) in [6.45, 7) is 2.47. The Balaban J connectivity index is 1.44. The summed E-state index contributed by atoms with van der Waals surface area (Å²) in [6, 6.07) is 1.59. The maximum Gasteiger partial charge on any atom is 0.00700 e. The van der Waals surface area contributed by atoms with Gasteiger partial charge in [0.15, 0.2) is 0 Å². The van der Waals surface area contributed by atoms with E-state index >= 15 is 0 Å². The highest BCUT2D eigenvalue weighted by Crippen LogP contribution is 2.49. The maximum atomic E-state index is 4.02. The van der Waals surface area contributed by atoms with Crippen molar-refractivity contribution in [2.24, 2.45) is 11.3 Å². The highest BCUT2D eigenvalue weighted by atomic mass is 15.0. The lowest BCUT2D eigenvalue weighted by molar-refractivity contribution is 0.155. The molecule has 1 atom stereocenters. The Morgan fingerprint density at radius 2 is 1.35 bits per heavy atom. The molecule has 0 aromatic heterocycles. The minimum atomic E-state index is 0.760. The van der Waals surface area contributed by atoms with E-state index in [0.717, 1.165) is 23.4 Å². The molecule has 0 bridgehead atoms. The van der Waals surface area contributed by atoms with E-state index < -0.39 is 0 Å². The van der Waals surface area contributed by atoms with Gasteiger partial charge in [-0.2, -0.15) is 0 Å². The molecule has 20 heavy (non-hydrogen) atoms. The third kappa shape index (κ3) is 3.59. The van der Waals surface area contributed by atoms with Gasteiger partial charge in [-0.15, -0.1) is 0 Å². The summed E-state index contributed by atoms with van der Waals surface area (Å²) in [4.78, 5) is 0. The van der Waals surface area contributed by atoms with Gasteiger partial charge in [0.1, 0.15) is 0 Å². The number of hydrogen-bond acceptors (Lipinski definition) is 1. The Hall–Kier alpha value is -0.0400. The highest BCUT2D eigenvalue weighted by molar-refractivity contribution is 4.92. The van der Waals surface area contributed by atoms with E-state index in [1.807, 2.05) is 0 Å². The summed E-state index contributed by atoms with van der Waals surface area (Å²) < 4.78 is 0. The van der Waals surface area contributed by atoms with Crippen LogP contribution in [0.5, 0.6) is 0 Å². The first-order chi connectivity index (χ1) is 9.77. The van der Waals surface area contributed by atoms with Crippen LogP contribution in [0.4, 0.5) is 0 Å². The molecule has 116 valence electrons. The normalized spacial score (nSPS) is 30.4. The Morgan fingerprint density at radius 1 is 0.750 bits per heavy atom. The van der Waals surface area contributed by atoms with Crippen LogP contribution in [0.1, 0.15) is 96.8 Å². The predicted molar refractivity (Wildman–Crippen MR) is 86.9 cm³/mol. The summed E-state index contributed by atoms with van der Waals surface area (Å²) in [6.07, 6.45) is 20.9. The molecule has 0 heterocycles. The first-order valence-electron chi connectivity index (χ1n) is 9.54. The Bertz CT molecular complexity index is 274. The predicted octanol–water partition coefficient (Wildman–Crippen LogP) is 5.44. The minimum absolute atomic E-state index is 0.760. The first kappa shape index (κ1) is 14.9. The summed E-state index contributed by atoms with van der Waals surface area (Å²) in [5.74, 6) is 0.958. The number of hydrogen-bond donors (Lipinski definition) is 1. The molecule has 3 saturated carbocycles. The van der Waals surface area contributed by atoms with Gasteiger partial charge in [0.25, 0.3) is 0 Å². The summed E-state index contributed by atoms with van der Waals surface area (Å²) >= 11 is 0. The molecule has 1 nitrogen and oxygen atoms in total. The lowest BCUT2D eigenvalue weighted by Gasteiger charge is -2.39. The molecular weight excluding hydrogens is 242 g/mol. The number of nitrogens with one attached hydrogen (secondary N) is 1. The molecule has 0 saturated heterocycles. The van der Waals surface area contributed by atoms with Gasteiger partial charge < -0.3 is 5.32 Å². The van der Waals surface area contributed by atoms with E-state index in [9.17, 15) is 0 Å². The smallest absolute Gasteiger partial charge is 0.00700 e. The largest absolute Gasteiger partial charge is 0.311 e. The van der Waals surface area contributed by atoms with Crippen LogP contribution in [0.15, 0.2) is 0 Å². The van der Waals surface area contributed by atoms with Gasteiger partial charge in [-0.05, 0) is 69.6 Å². The molecule has 0 aromatic rings. The van der Waals surface area contributed by atoms with Crippen LogP contribution in [0.2, 0.25) is 0 Å². The molecular formula is C19H35N. The van der Waals surface area contributed by atoms with Crippen molar-refractivity contribution in [3.63, 3.8) is 0 Å². The second-order valence-corrected chi connectivity index (χ2v) is 8.19. The average Bonchev–Trinajstić information content (AvgIpc) is 2.75. The lowest BCUT2D eigenvalue weighted by Crippen LogP contribution is -2.44. The molecule has 3 aliphatic rings. The minimum Gasteiger partial charge on any atom is -0.311 e. The van der Waals surface area contributed by atoms with E-state index in [0.29, 0.717) is 0 Å². The Labute approximate surface area is 126 Å². The van der Waals surface area contributed by atoms with E-state index in [2.05, 4.69) is 12.2 Å². The Morgan fingerprint density at radius 3 is 1.95 bits per heavy atom.